The van der Waals surface area contributed by atoms with Gasteiger partial charge in [0.1, 0.15) is 5.78 Å². The van der Waals surface area contributed by atoms with Gasteiger partial charge in [-0.1, -0.05) is 6.07 Å². The van der Waals surface area contributed by atoms with Crippen molar-refractivity contribution >= 4 is 5.78 Å². The number of Topliss-reactive ketones (excluding diaryl/α,β-unsaturated/α-hetero) is 1. The second-order valence-corrected chi connectivity index (χ2v) is 11.7. The third-order valence-electron chi connectivity index (χ3n) is 9.15. The standard InChI is InChI=1S/C29H35F3N4O3/c30-29(31,32)23-12-25-16-34(7-8-36(25)27(38)13-23)17-26(37)11-22-15-35(24-5-9-39-18-24)14-21(22)10-20-4-3-19-2-1-6-33-28(19)20/h1-2,6,12-13,20-22,24H,3-5,7-11,14-18H2/t20?,21-,22?,24?/m0/s1. The molecule has 2 aromatic rings. The monoisotopic (exact) mass is 544 g/mol. The minimum absolute atomic E-state index is 0.113. The molecule has 0 amide bonds. The Morgan fingerprint density at radius 1 is 1.13 bits per heavy atom. The Labute approximate surface area is 226 Å². The van der Waals surface area contributed by atoms with Crippen molar-refractivity contribution in [3.8, 4) is 0 Å². The van der Waals surface area contributed by atoms with Crippen molar-refractivity contribution in [1.29, 1.82) is 0 Å². The van der Waals surface area contributed by atoms with E-state index in [1.165, 1.54) is 15.8 Å². The van der Waals surface area contributed by atoms with E-state index < -0.39 is 17.3 Å². The number of pyridine rings is 2. The summed E-state index contributed by atoms with van der Waals surface area (Å²) in [7, 11) is 0. The largest absolute Gasteiger partial charge is 0.416 e. The lowest BCUT2D eigenvalue weighted by Gasteiger charge is -2.30. The number of ether oxygens (including phenoxy) is 1. The number of aromatic nitrogens is 2. The van der Waals surface area contributed by atoms with Gasteiger partial charge in [-0.25, -0.2) is 0 Å². The van der Waals surface area contributed by atoms with E-state index in [0.717, 1.165) is 58.1 Å². The third kappa shape index (κ3) is 5.69. The van der Waals surface area contributed by atoms with Gasteiger partial charge in [-0.3, -0.25) is 24.4 Å². The van der Waals surface area contributed by atoms with Crippen LogP contribution in [0.3, 0.4) is 0 Å². The van der Waals surface area contributed by atoms with Crippen LogP contribution >= 0.6 is 0 Å². The number of ketones is 1. The SMILES string of the molecule is O=C(CC1CN(C2CCOC2)C[C@@H]1CC1CCc2cccnc21)CN1CCn2c(cc(C(F)(F)F)cc2=O)C1. The normalized spacial score (nSPS) is 27.6. The molecule has 39 heavy (non-hydrogen) atoms. The lowest BCUT2D eigenvalue weighted by molar-refractivity contribution is -0.138. The molecule has 0 N–H and O–H groups in total. The number of carbonyl (C=O) groups is 1. The number of carbonyl (C=O) groups excluding carboxylic acids is 1. The van der Waals surface area contributed by atoms with Crippen LogP contribution in [0.25, 0.3) is 0 Å². The zero-order valence-electron chi connectivity index (χ0n) is 22.0. The Morgan fingerprint density at radius 2 is 1.97 bits per heavy atom. The van der Waals surface area contributed by atoms with Crippen LogP contribution in [0.5, 0.6) is 0 Å². The van der Waals surface area contributed by atoms with Gasteiger partial charge >= 0.3 is 6.18 Å². The summed E-state index contributed by atoms with van der Waals surface area (Å²) in [4.78, 5) is 34.6. The van der Waals surface area contributed by atoms with E-state index in [1.54, 1.807) is 0 Å². The number of alkyl halides is 3. The Morgan fingerprint density at radius 3 is 2.77 bits per heavy atom. The fraction of sp³-hybridized carbons (Fsp3) is 0.621. The lowest BCUT2D eigenvalue weighted by atomic mass is 9.83. The van der Waals surface area contributed by atoms with E-state index in [2.05, 4.69) is 16.0 Å². The number of nitrogens with zero attached hydrogens (tertiary/aromatic N) is 4. The lowest BCUT2D eigenvalue weighted by Crippen LogP contribution is -2.42. The van der Waals surface area contributed by atoms with Crippen LogP contribution in [0.4, 0.5) is 13.2 Å². The van der Waals surface area contributed by atoms with Crippen molar-refractivity contribution in [3.05, 3.63) is 63.3 Å². The van der Waals surface area contributed by atoms with E-state index in [-0.39, 0.29) is 31.3 Å². The number of fused-ring (bicyclic) bond motifs is 2. The predicted octanol–water partition coefficient (Wildman–Crippen LogP) is 3.49. The Hall–Kier alpha value is -2.56. The van der Waals surface area contributed by atoms with Gasteiger partial charge in [-0.2, -0.15) is 13.2 Å². The fourth-order valence-corrected chi connectivity index (χ4v) is 7.16. The van der Waals surface area contributed by atoms with Crippen LogP contribution in [-0.4, -0.2) is 70.6 Å². The van der Waals surface area contributed by atoms with E-state index >= 15 is 0 Å². The number of hydrogen-bond donors (Lipinski definition) is 0. The summed E-state index contributed by atoms with van der Waals surface area (Å²) in [6.07, 6.45) is 1.96. The average molecular weight is 545 g/mol. The molecule has 4 aliphatic rings. The molecule has 0 aromatic carbocycles. The summed E-state index contributed by atoms with van der Waals surface area (Å²) in [5, 5.41) is 0. The van der Waals surface area contributed by atoms with Crippen molar-refractivity contribution in [1.82, 2.24) is 19.4 Å². The van der Waals surface area contributed by atoms with Crippen LogP contribution < -0.4 is 5.56 Å². The Bertz CT molecular complexity index is 1270. The maximum absolute atomic E-state index is 13.3. The zero-order valence-corrected chi connectivity index (χ0v) is 22.0. The number of likely N-dealkylation sites (tertiary alicyclic amines) is 1. The van der Waals surface area contributed by atoms with Crippen molar-refractivity contribution in [2.24, 2.45) is 11.8 Å². The fourth-order valence-electron chi connectivity index (χ4n) is 7.16. The molecule has 0 radical (unpaired) electrons. The van der Waals surface area contributed by atoms with Gasteiger partial charge in [0.05, 0.1) is 18.7 Å². The molecule has 2 saturated heterocycles. The topological polar surface area (TPSA) is 67.7 Å². The smallest absolute Gasteiger partial charge is 0.380 e. The molecule has 3 unspecified atom stereocenters. The highest BCUT2D eigenvalue weighted by molar-refractivity contribution is 5.80. The third-order valence-corrected chi connectivity index (χ3v) is 9.15. The molecule has 0 spiro atoms. The van der Waals surface area contributed by atoms with Gasteiger partial charge < -0.3 is 9.30 Å². The average Bonchev–Trinajstić information content (AvgIpc) is 3.65. The van der Waals surface area contributed by atoms with E-state index in [4.69, 9.17) is 4.74 Å². The maximum atomic E-state index is 13.3. The molecule has 4 atom stereocenters. The minimum atomic E-state index is -4.57. The van der Waals surface area contributed by atoms with Crippen LogP contribution in [0.1, 0.15) is 54.1 Å². The van der Waals surface area contributed by atoms with Gasteiger partial charge in [0.25, 0.3) is 5.56 Å². The van der Waals surface area contributed by atoms with Crippen LogP contribution in [0.15, 0.2) is 35.3 Å². The molecule has 1 aliphatic carbocycles. The molecule has 3 aliphatic heterocycles. The first-order valence-electron chi connectivity index (χ1n) is 14.0. The minimum Gasteiger partial charge on any atom is -0.380 e. The molecule has 0 saturated carbocycles. The summed E-state index contributed by atoms with van der Waals surface area (Å²) in [6, 6.07) is 6.27. The van der Waals surface area contributed by atoms with Crippen molar-refractivity contribution < 1.29 is 22.7 Å². The van der Waals surface area contributed by atoms with Crippen molar-refractivity contribution in [2.45, 2.75) is 63.3 Å². The predicted molar refractivity (Wildman–Crippen MR) is 138 cm³/mol. The Kier molecular flexibility index (Phi) is 7.37. The highest BCUT2D eigenvalue weighted by Crippen LogP contribution is 2.41. The number of hydrogen-bond acceptors (Lipinski definition) is 6. The van der Waals surface area contributed by atoms with Crippen molar-refractivity contribution in [2.75, 3.05) is 39.4 Å². The highest BCUT2D eigenvalue weighted by Gasteiger charge is 2.40. The second kappa shape index (κ2) is 10.8. The van der Waals surface area contributed by atoms with Gasteiger partial charge in [0.15, 0.2) is 0 Å². The zero-order chi connectivity index (χ0) is 27.1. The molecule has 10 heteroatoms. The molecule has 0 bridgehead atoms. The highest BCUT2D eigenvalue weighted by atomic mass is 19.4. The van der Waals surface area contributed by atoms with E-state index in [1.807, 2.05) is 17.2 Å². The Balaban J connectivity index is 1.12. The molecule has 210 valence electrons. The van der Waals surface area contributed by atoms with Crippen molar-refractivity contribution in [3.63, 3.8) is 0 Å². The first kappa shape index (κ1) is 26.7. The van der Waals surface area contributed by atoms with Crippen LogP contribution in [0, 0.1) is 11.8 Å². The van der Waals surface area contributed by atoms with Crippen LogP contribution in [-0.2, 0) is 35.2 Å². The first-order valence-corrected chi connectivity index (χ1v) is 14.0. The molecule has 2 aromatic heterocycles. The molecular formula is C29H35F3N4O3. The number of rotatable bonds is 7. The summed E-state index contributed by atoms with van der Waals surface area (Å²) < 4.78 is 46.8. The first-order chi connectivity index (χ1) is 18.7. The summed E-state index contributed by atoms with van der Waals surface area (Å²) in [5.74, 6) is 1.16. The number of aryl methyl sites for hydroxylation is 1. The van der Waals surface area contributed by atoms with Gasteiger partial charge in [-0.15, -0.1) is 0 Å². The number of halogens is 3. The summed E-state index contributed by atoms with van der Waals surface area (Å²) >= 11 is 0. The van der Waals surface area contributed by atoms with E-state index in [9.17, 15) is 22.8 Å². The van der Waals surface area contributed by atoms with Gasteiger partial charge in [0.2, 0.25) is 0 Å². The summed E-state index contributed by atoms with van der Waals surface area (Å²) in [5.41, 5.74) is 1.30. The second-order valence-electron chi connectivity index (χ2n) is 11.7. The molecule has 7 nitrogen and oxygen atoms in total. The van der Waals surface area contributed by atoms with Crippen LogP contribution in [0.2, 0.25) is 0 Å². The molecule has 5 heterocycles. The maximum Gasteiger partial charge on any atom is 0.416 e. The van der Waals surface area contributed by atoms with E-state index in [0.29, 0.717) is 42.6 Å². The van der Waals surface area contributed by atoms with Gasteiger partial charge in [0, 0.05) is 81.4 Å². The van der Waals surface area contributed by atoms with Gasteiger partial charge in [-0.05, 0) is 55.2 Å². The molecule has 2 fully saturated rings. The quantitative estimate of drug-likeness (QED) is 0.532. The summed E-state index contributed by atoms with van der Waals surface area (Å²) in [6.45, 7) is 4.47. The molecular weight excluding hydrogens is 509 g/mol. The molecule has 6 rings (SSSR count).